The summed E-state index contributed by atoms with van der Waals surface area (Å²) in [7, 11) is 0. The van der Waals surface area contributed by atoms with Gasteiger partial charge in [0.15, 0.2) is 0 Å². The van der Waals surface area contributed by atoms with E-state index in [0.717, 1.165) is 13.0 Å². The van der Waals surface area contributed by atoms with Crippen molar-refractivity contribution in [3.8, 4) is 0 Å². The summed E-state index contributed by atoms with van der Waals surface area (Å²) in [6.45, 7) is 8.87. The maximum Gasteiger partial charge on any atom is 0.246 e. The molecule has 12 heavy (non-hydrogen) atoms. The van der Waals surface area contributed by atoms with Crippen LogP contribution in [0.3, 0.4) is 0 Å². The first-order valence-corrected chi connectivity index (χ1v) is 4.56. The summed E-state index contributed by atoms with van der Waals surface area (Å²) in [5.74, 6) is 0.120. The van der Waals surface area contributed by atoms with Crippen LogP contribution < -0.4 is 0 Å². The minimum Gasteiger partial charge on any atom is -0.337 e. The average molecular weight is 169 g/mol. The van der Waals surface area contributed by atoms with E-state index in [2.05, 4.69) is 6.92 Å². The number of allylic oxidation sites excluding steroid dienone is 1. The van der Waals surface area contributed by atoms with Gasteiger partial charge in [-0.1, -0.05) is 13.0 Å². The molecule has 0 atom stereocenters. The molecule has 0 bridgehead atoms. The van der Waals surface area contributed by atoms with Gasteiger partial charge >= 0.3 is 0 Å². The van der Waals surface area contributed by atoms with Crippen LogP contribution in [0, 0.1) is 0 Å². The van der Waals surface area contributed by atoms with E-state index in [4.69, 9.17) is 0 Å². The Morgan fingerprint density at radius 1 is 1.50 bits per heavy atom. The predicted molar refractivity (Wildman–Crippen MR) is 52.0 cm³/mol. The molecule has 70 valence electrons. The summed E-state index contributed by atoms with van der Waals surface area (Å²) in [6.07, 6.45) is 4.42. The second-order valence-corrected chi connectivity index (χ2v) is 3.13. The Kier molecular flexibility index (Phi) is 5.43. The van der Waals surface area contributed by atoms with E-state index in [9.17, 15) is 4.79 Å². The fourth-order valence-corrected chi connectivity index (χ4v) is 1.10. The molecular weight excluding hydrogens is 150 g/mol. The first kappa shape index (κ1) is 11.2. The number of rotatable bonds is 4. The van der Waals surface area contributed by atoms with Crippen LogP contribution in [-0.2, 0) is 4.79 Å². The Morgan fingerprint density at radius 2 is 2.08 bits per heavy atom. The minimum absolute atomic E-state index is 0.120. The third-order valence-corrected chi connectivity index (χ3v) is 1.68. The lowest BCUT2D eigenvalue weighted by Crippen LogP contribution is -2.36. The molecule has 2 nitrogen and oxygen atoms in total. The normalized spacial score (nSPS) is 11.1. The minimum atomic E-state index is 0.120. The number of carbonyl (C=O) groups excluding carboxylic acids is 1. The number of hydrogen-bond donors (Lipinski definition) is 0. The SMILES string of the molecule is CC=CC(=O)N(CCC)C(C)C. The van der Waals surface area contributed by atoms with Gasteiger partial charge in [0.2, 0.25) is 5.91 Å². The Hall–Kier alpha value is -0.790. The number of nitrogens with zero attached hydrogens (tertiary/aromatic N) is 1. The van der Waals surface area contributed by atoms with Gasteiger partial charge in [0.05, 0.1) is 0 Å². The molecule has 0 aliphatic carbocycles. The second kappa shape index (κ2) is 5.81. The van der Waals surface area contributed by atoms with Crippen molar-refractivity contribution in [1.29, 1.82) is 0 Å². The predicted octanol–water partition coefficient (Wildman–Crippen LogP) is 2.21. The Morgan fingerprint density at radius 3 is 2.42 bits per heavy atom. The third-order valence-electron chi connectivity index (χ3n) is 1.68. The Bertz CT molecular complexity index is 161. The fourth-order valence-electron chi connectivity index (χ4n) is 1.10. The van der Waals surface area contributed by atoms with E-state index >= 15 is 0 Å². The largest absolute Gasteiger partial charge is 0.337 e. The Labute approximate surface area is 75.3 Å². The van der Waals surface area contributed by atoms with Crippen LogP contribution in [0.4, 0.5) is 0 Å². The molecule has 0 rings (SSSR count). The van der Waals surface area contributed by atoms with Gasteiger partial charge in [-0.05, 0) is 33.3 Å². The van der Waals surface area contributed by atoms with Crippen LogP contribution in [0.5, 0.6) is 0 Å². The number of carbonyl (C=O) groups is 1. The van der Waals surface area contributed by atoms with Crippen molar-refractivity contribution < 1.29 is 4.79 Å². The first-order valence-electron chi connectivity index (χ1n) is 4.56. The molecule has 0 aliphatic rings. The van der Waals surface area contributed by atoms with Gasteiger partial charge in [-0.15, -0.1) is 0 Å². The molecule has 2 heteroatoms. The van der Waals surface area contributed by atoms with Crippen molar-refractivity contribution in [2.75, 3.05) is 6.54 Å². The highest BCUT2D eigenvalue weighted by molar-refractivity contribution is 5.87. The van der Waals surface area contributed by atoms with Crippen molar-refractivity contribution >= 4 is 5.91 Å². The van der Waals surface area contributed by atoms with Crippen molar-refractivity contribution in [1.82, 2.24) is 4.90 Å². The zero-order valence-corrected chi connectivity index (χ0v) is 8.50. The van der Waals surface area contributed by atoms with E-state index in [1.807, 2.05) is 25.7 Å². The third kappa shape index (κ3) is 3.56. The van der Waals surface area contributed by atoms with Crippen molar-refractivity contribution in [2.45, 2.75) is 40.2 Å². The molecular formula is C10H19NO. The highest BCUT2D eigenvalue weighted by atomic mass is 16.2. The summed E-state index contributed by atoms with van der Waals surface area (Å²) in [4.78, 5) is 13.3. The van der Waals surface area contributed by atoms with Crippen LogP contribution in [-0.4, -0.2) is 23.4 Å². The van der Waals surface area contributed by atoms with Crippen LogP contribution >= 0.6 is 0 Å². The van der Waals surface area contributed by atoms with Gasteiger partial charge in [0.1, 0.15) is 0 Å². The van der Waals surface area contributed by atoms with Gasteiger partial charge < -0.3 is 4.90 Å². The maximum atomic E-state index is 11.4. The van der Waals surface area contributed by atoms with Crippen molar-refractivity contribution in [3.63, 3.8) is 0 Å². The molecule has 0 aliphatic heterocycles. The molecule has 0 spiro atoms. The van der Waals surface area contributed by atoms with Crippen molar-refractivity contribution in [2.24, 2.45) is 0 Å². The van der Waals surface area contributed by atoms with E-state index in [0.29, 0.717) is 6.04 Å². The lowest BCUT2D eigenvalue weighted by Gasteiger charge is -2.24. The smallest absolute Gasteiger partial charge is 0.246 e. The highest BCUT2D eigenvalue weighted by Gasteiger charge is 2.11. The molecule has 0 fully saturated rings. The second-order valence-electron chi connectivity index (χ2n) is 3.13. The van der Waals surface area contributed by atoms with E-state index in [1.165, 1.54) is 0 Å². The number of hydrogen-bond acceptors (Lipinski definition) is 1. The summed E-state index contributed by atoms with van der Waals surface area (Å²) in [5.41, 5.74) is 0. The lowest BCUT2D eigenvalue weighted by molar-refractivity contribution is -0.127. The molecule has 0 heterocycles. The molecule has 0 N–H and O–H groups in total. The van der Waals surface area contributed by atoms with Gasteiger partial charge in [-0.2, -0.15) is 0 Å². The number of amides is 1. The van der Waals surface area contributed by atoms with Gasteiger partial charge in [-0.25, -0.2) is 0 Å². The standard InChI is InChI=1S/C10H19NO/c1-5-7-10(12)11(8-6-2)9(3)4/h5,7,9H,6,8H2,1-4H3. The maximum absolute atomic E-state index is 11.4. The summed E-state index contributed by atoms with van der Waals surface area (Å²) in [6, 6.07) is 0.300. The molecule has 0 aromatic carbocycles. The molecule has 0 aromatic rings. The molecule has 0 unspecified atom stereocenters. The summed E-state index contributed by atoms with van der Waals surface area (Å²) < 4.78 is 0. The zero-order valence-electron chi connectivity index (χ0n) is 8.50. The highest BCUT2D eigenvalue weighted by Crippen LogP contribution is 2.01. The van der Waals surface area contributed by atoms with E-state index in [1.54, 1.807) is 12.2 Å². The average Bonchev–Trinajstić information content (AvgIpc) is 1.99. The molecule has 0 saturated carbocycles. The fraction of sp³-hybridized carbons (Fsp3) is 0.700. The quantitative estimate of drug-likeness (QED) is 0.591. The van der Waals surface area contributed by atoms with Gasteiger partial charge in [0.25, 0.3) is 0 Å². The van der Waals surface area contributed by atoms with Crippen LogP contribution in [0.15, 0.2) is 12.2 Å². The van der Waals surface area contributed by atoms with Crippen LogP contribution in [0.2, 0.25) is 0 Å². The lowest BCUT2D eigenvalue weighted by atomic mass is 10.3. The van der Waals surface area contributed by atoms with Crippen LogP contribution in [0.1, 0.15) is 34.1 Å². The first-order chi connectivity index (χ1) is 5.63. The van der Waals surface area contributed by atoms with Gasteiger partial charge in [-0.3, -0.25) is 4.79 Å². The molecule has 0 radical (unpaired) electrons. The van der Waals surface area contributed by atoms with Gasteiger partial charge in [0, 0.05) is 12.6 Å². The topological polar surface area (TPSA) is 20.3 Å². The zero-order chi connectivity index (χ0) is 9.56. The van der Waals surface area contributed by atoms with Crippen LogP contribution in [0.25, 0.3) is 0 Å². The monoisotopic (exact) mass is 169 g/mol. The molecule has 0 aromatic heterocycles. The molecule has 1 amide bonds. The Balaban J connectivity index is 4.19. The summed E-state index contributed by atoms with van der Waals surface area (Å²) in [5, 5.41) is 0. The van der Waals surface area contributed by atoms with Crippen molar-refractivity contribution in [3.05, 3.63) is 12.2 Å². The van der Waals surface area contributed by atoms with E-state index < -0.39 is 0 Å². The molecule has 0 saturated heterocycles. The van der Waals surface area contributed by atoms with E-state index in [-0.39, 0.29) is 5.91 Å². The summed E-state index contributed by atoms with van der Waals surface area (Å²) >= 11 is 0.